The van der Waals surface area contributed by atoms with Crippen LogP contribution in [0.3, 0.4) is 0 Å². The predicted molar refractivity (Wildman–Crippen MR) is 79.5 cm³/mol. The summed E-state index contributed by atoms with van der Waals surface area (Å²) in [5.74, 6) is 1.38. The maximum atomic E-state index is 10.3. The van der Waals surface area contributed by atoms with Crippen LogP contribution in [0.1, 0.15) is 45.1 Å². The van der Waals surface area contributed by atoms with Crippen LogP contribution in [-0.4, -0.2) is 24.4 Å². The highest BCUT2D eigenvalue weighted by Crippen LogP contribution is 2.26. The molecule has 3 heteroatoms. The van der Waals surface area contributed by atoms with Crippen LogP contribution < -0.4 is 10.5 Å². The summed E-state index contributed by atoms with van der Waals surface area (Å²) in [7, 11) is 0. The Morgan fingerprint density at radius 3 is 2.32 bits per heavy atom. The molecule has 0 saturated heterocycles. The summed E-state index contributed by atoms with van der Waals surface area (Å²) in [5.41, 5.74) is 6.91. The summed E-state index contributed by atoms with van der Waals surface area (Å²) in [4.78, 5) is 0. The van der Waals surface area contributed by atoms with Gasteiger partial charge in [0.1, 0.15) is 5.75 Å². The van der Waals surface area contributed by atoms with Crippen LogP contribution in [0.2, 0.25) is 0 Å². The van der Waals surface area contributed by atoms with Crippen molar-refractivity contribution in [2.75, 3.05) is 13.2 Å². The van der Waals surface area contributed by atoms with Gasteiger partial charge in [0.2, 0.25) is 0 Å². The van der Waals surface area contributed by atoms with Crippen molar-refractivity contribution < 1.29 is 9.84 Å². The molecule has 108 valence electrons. The molecule has 0 aliphatic heterocycles. The van der Waals surface area contributed by atoms with Gasteiger partial charge >= 0.3 is 0 Å². The molecule has 0 radical (unpaired) electrons. The normalized spacial score (nSPS) is 15.8. The van der Waals surface area contributed by atoms with Crippen LogP contribution in [0.15, 0.2) is 24.3 Å². The Hall–Kier alpha value is -1.06. The Kier molecular flexibility index (Phi) is 6.89. The molecule has 3 unspecified atom stereocenters. The third-order valence-electron chi connectivity index (χ3n) is 3.68. The van der Waals surface area contributed by atoms with Crippen LogP contribution >= 0.6 is 0 Å². The Morgan fingerprint density at radius 1 is 1.21 bits per heavy atom. The van der Waals surface area contributed by atoms with Crippen molar-refractivity contribution in [3.05, 3.63) is 29.8 Å². The van der Waals surface area contributed by atoms with Crippen molar-refractivity contribution in [1.29, 1.82) is 0 Å². The van der Waals surface area contributed by atoms with E-state index >= 15 is 0 Å². The van der Waals surface area contributed by atoms with Gasteiger partial charge in [0.15, 0.2) is 0 Å². The first kappa shape index (κ1) is 16.0. The van der Waals surface area contributed by atoms with E-state index in [0.29, 0.717) is 19.1 Å². The average molecular weight is 265 g/mol. The summed E-state index contributed by atoms with van der Waals surface area (Å²) in [5, 5.41) is 10.3. The largest absolute Gasteiger partial charge is 0.494 e. The fraction of sp³-hybridized carbons (Fsp3) is 0.625. The lowest BCUT2D eigenvalue weighted by atomic mass is 9.87. The number of rotatable bonds is 8. The zero-order valence-electron chi connectivity index (χ0n) is 12.3. The van der Waals surface area contributed by atoms with Crippen molar-refractivity contribution in [1.82, 2.24) is 0 Å². The minimum absolute atomic E-state index is 0.00433. The molecule has 0 aromatic heterocycles. The first-order valence-electron chi connectivity index (χ1n) is 7.23. The third-order valence-corrected chi connectivity index (χ3v) is 3.68. The lowest BCUT2D eigenvalue weighted by Gasteiger charge is -2.24. The lowest BCUT2D eigenvalue weighted by Crippen LogP contribution is -2.27. The van der Waals surface area contributed by atoms with Crippen LogP contribution in [-0.2, 0) is 0 Å². The van der Waals surface area contributed by atoms with Gasteiger partial charge in [-0.3, -0.25) is 0 Å². The highest BCUT2D eigenvalue weighted by atomic mass is 16.5. The molecule has 3 N–H and O–H groups in total. The second kappa shape index (κ2) is 8.18. The zero-order chi connectivity index (χ0) is 14.3. The molecule has 0 spiro atoms. The smallest absolute Gasteiger partial charge is 0.119 e. The fourth-order valence-electron chi connectivity index (χ4n) is 2.24. The molecule has 0 amide bonds. The standard InChI is InChI=1S/C16H27NO2/c1-4-12(3)10-16(18)15(11-17)13-6-8-14(9-7-13)19-5-2/h6-9,12,15-16,18H,4-5,10-11,17H2,1-3H3. The van der Waals surface area contributed by atoms with Crippen LogP contribution in [0.4, 0.5) is 0 Å². The number of nitrogens with two attached hydrogens (primary N) is 1. The van der Waals surface area contributed by atoms with E-state index in [1.54, 1.807) is 0 Å². The van der Waals surface area contributed by atoms with Crippen molar-refractivity contribution >= 4 is 0 Å². The van der Waals surface area contributed by atoms with Gasteiger partial charge in [-0.15, -0.1) is 0 Å². The molecule has 0 fully saturated rings. The van der Waals surface area contributed by atoms with Crippen LogP contribution in [0, 0.1) is 5.92 Å². The predicted octanol–water partition coefficient (Wildman–Crippen LogP) is 2.92. The maximum Gasteiger partial charge on any atom is 0.119 e. The van der Waals surface area contributed by atoms with Gasteiger partial charge in [-0.1, -0.05) is 32.4 Å². The average Bonchev–Trinajstić information content (AvgIpc) is 2.41. The summed E-state index contributed by atoms with van der Waals surface area (Å²) in [6.07, 6.45) is 1.50. The van der Waals surface area contributed by atoms with Gasteiger partial charge in [0, 0.05) is 12.5 Å². The van der Waals surface area contributed by atoms with E-state index in [9.17, 15) is 5.11 Å². The number of hydrogen-bond donors (Lipinski definition) is 2. The second-order valence-electron chi connectivity index (χ2n) is 5.16. The molecule has 1 aromatic rings. The third kappa shape index (κ3) is 4.84. The maximum absolute atomic E-state index is 10.3. The van der Waals surface area contributed by atoms with Crippen molar-refractivity contribution in [2.24, 2.45) is 11.7 Å². The molecule has 19 heavy (non-hydrogen) atoms. The first-order chi connectivity index (χ1) is 9.12. The summed E-state index contributed by atoms with van der Waals surface area (Å²) < 4.78 is 5.42. The fourth-order valence-corrected chi connectivity index (χ4v) is 2.24. The molecule has 0 heterocycles. The van der Waals surface area contributed by atoms with Crippen molar-refractivity contribution in [3.8, 4) is 5.75 Å². The van der Waals surface area contributed by atoms with E-state index in [2.05, 4.69) is 13.8 Å². The van der Waals surface area contributed by atoms with E-state index in [1.165, 1.54) is 0 Å². The Labute approximate surface area is 116 Å². The van der Waals surface area contributed by atoms with Gasteiger partial charge < -0.3 is 15.6 Å². The number of aliphatic hydroxyl groups excluding tert-OH is 1. The first-order valence-corrected chi connectivity index (χ1v) is 7.23. The van der Waals surface area contributed by atoms with Crippen molar-refractivity contribution in [3.63, 3.8) is 0 Å². The summed E-state index contributed by atoms with van der Waals surface area (Å²) >= 11 is 0. The second-order valence-corrected chi connectivity index (χ2v) is 5.16. The molecular formula is C16H27NO2. The van der Waals surface area contributed by atoms with E-state index in [-0.39, 0.29) is 12.0 Å². The highest BCUT2D eigenvalue weighted by molar-refractivity contribution is 5.30. The van der Waals surface area contributed by atoms with E-state index in [1.807, 2.05) is 31.2 Å². The molecule has 0 aliphatic rings. The molecule has 3 atom stereocenters. The van der Waals surface area contributed by atoms with Gasteiger partial charge in [-0.25, -0.2) is 0 Å². The van der Waals surface area contributed by atoms with Gasteiger partial charge in [-0.2, -0.15) is 0 Å². The van der Waals surface area contributed by atoms with Crippen LogP contribution in [0.5, 0.6) is 5.75 Å². The Morgan fingerprint density at radius 2 is 1.84 bits per heavy atom. The number of ether oxygens (including phenoxy) is 1. The Bertz CT molecular complexity index is 350. The lowest BCUT2D eigenvalue weighted by molar-refractivity contribution is 0.118. The molecule has 0 saturated carbocycles. The van der Waals surface area contributed by atoms with E-state index in [4.69, 9.17) is 10.5 Å². The SMILES string of the molecule is CCOc1ccc(C(CN)C(O)CC(C)CC)cc1. The highest BCUT2D eigenvalue weighted by Gasteiger charge is 2.21. The molecule has 0 bridgehead atoms. The summed E-state index contributed by atoms with van der Waals surface area (Å²) in [6.45, 7) is 7.40. The minimum atomic E-state index is -0.377. The monoisotopic (exact) mass is 265 g/mol. The number of hydrogen-bond acceptors (Lipinski definition) is 3. The van der Waals surface area contributed by atoms with Gasteiger partial charge in [-0.05, 0) is 37.0 Å². The minimum Gasteiger partial charge on any atom is -0.494 e. The quantitative estimate of drug-likeness (QED) is 0.760. The zero-order valence-corrected chi connectivity index (χ0v) is 12.3. The summed E-state index contributed by atoms with van der Waals surface area (Å²) in [6, 6.07) is 7.89. The van der Waals surface area contributed by atoms with Gasteiger partial charge in [0.05, 0.1) is 12.7 Å². The van der Waals surface area contributed by atoms with E-state index in [0.717, 1.165) is 24.2 Å². The number of benzene rings is 1. The van der Waals surface area contributed by atoms with Gasteiger partial charge in [0.25, 0.3) is 0 Å². The molecule has 1 rings (SSSR count). The molecule has 1 aromatic carbocycles. The van der Waals surface area contributed by atoms with E-state index < -0.39 is 0 Å². The molecular weight excluding hydrogens is 238 g/mol. The molecule has 3 nitrogen and oxygen atoms in total. The Balaban J connectivity index is 2.72. The van der Waals surface area contributed by atoms with Crippen LogP contribution in [0.25, 0.3) is 0 Å². The van der Waals surface area contributed by atoms with Crippen molar-refractivity contribution in [2.45, 2.75) is 45.6 Å². The molecule has 0 aliphatic carbocycles. The number of aliphatic hydroxyl groups is 1. The topological polar surface area (TPSA) is 55.5 Å².